The molecule has 16 heavy (non-hydrogen) atoms. The summed E-state index contributed by atoms with van der Waals surface area (Å²) in [5.41, 5.74) is 2.06. The van der Waals surface area contributed by atoms with Crippen molar-refractivity contribution < 1.29 is 0 Å². The van der Waals surface area contributed by atoms with Gasteiger partial charge in [-0.25, -0.2) is 0 Å². The van der Waals surface area contributed by atoms with E-state index >= 15 is 0 Å². The van der Waals surface area contributed by atoms with E-state index in [4.69, 9.17) is 0 Å². The molecule has 0 amide bonds. The summed E-state index contributed by atoms with van der Waals surface area (Å²) in [4.78, 5) is 2.52. The van der Waals surface area contributed by atoms with E-state index in [0.717, 1.165) is 12.3 Å². The van der Waals surface area contributed by atoms with Crippen LogP contribution in [0.15, 0.2) is 12.3 Å². The third-order valence-corrected chi connectivity index (χ3v) is 4.43. The molecule has 0 aliphatic carbocycles. The van der Waals surface area contributed by atoms with E-state index in [2.05, 4.69) is 59.9 Å². The van der Waals surface area contributed by atoms with Crippen molar-refractivity contribution in [2.24, 2.45) is 16.7 Å². The van der Waals surface area contributed by atoms with Crippen molar-refractivity contribution in [3.63, 3.8) is 0 Å². The van der Waals surface area contributed by atoms with Gasteiger partial charge in [-0.2, -0.15) is 0 Å². The van der Waals surface area contributed by atoms with E-state index in [1.165, 1.54) is 12.2 Å². The molecule has 0 bridgehead atoms. The van der Waals surface area contributed by atoms with Crippen LogP contribution in [0.2, 0.25) is 0 Å². The lowest BCUT2D eigenvalue weighted by Crippen LogP contribution is -2.34. The highest BCUT2D eigenvalue weighted by Gasteiger charge is 2.43. The lowest BCUT2D eigenvalue weighted by atomic mass is 9.78. The zero-order valence-electron chi connectivity index (χ0n) is 12.2. The van der Waals surface area contributed by atoms with Crippen molar-refractivity contribution in [3.05, 3.63) is 12.3 Å². The Labute approximate surface area is 102 Å². The third-order valence-electron chi connectivity index (χ3n) is 4.43. The van der Waals surface area contributed by atoms with Crippen molar-refractivity contribution in [1.29, 1.82) is 0 Å². The molecule has 2 unspecified atom stereocenters. The highest BCUT2D eigenvalue weighted by atomic mass is 15.2. The second kappa shape index (κ2) is 4.09. The van der Waals surface area contributed by atoms with E-state index in [9.17, 15) is 0 Å². The second-order valence-electron chi connectivity index (χ2n) is 7.35. The van der Waals surface area contributed by atoms with E-state index in [1.807, 2.05) is 0 Å². The first-order chi connectivity index (χ1) is 7.05. The van der Waals surface area contributed by atoms with Gasteiger partial charge in [0.15, 0.2) is 0 Å². The molecule has 1 rings (SSSR count). The SMILES string of the molecule is C=C(CC(C)(C)C)N1CC(C)C(C)(C)C1C. The average molecular weight is 223 g/mol. The first-order valence-electron chi connectivity index (χ1n) is 6.50. The summed E-state index contributed by atoms with van der Waals surface area (Å²) in [6, 6.07) is 0.609. The molecular formula is C15H29N. The second-order valence-corrected chi connectivity index (χ2v) is 7.35. The summed E-state index contributed by atoms with van der Waals surface area (Å²) in [5.74, 6) is 0.749. The lowest BCUT2D eigenvalue weighted by Gasteiger charge is -2.34. The van der Waals surface area contributed by atoms with E-state index < -0.39 is 0 Å². The van der Waals surface area contributed by atoms with Crippen molar-refractivity contribution in [1.82, 2.24) is 4.90 Å². The van der Waals surface area contributed by atoms with Gasteiger partial charge in [-0.3, -0.25) is 0 Å². The first kappa shape index (κ1) is 13.6. The number of likely N-dealkylation sites (tertiary alicyclic amines) is 1. The van der Waals surface area contributed by atoms with Gasteiger partial charge in [0, 0.05) is 18.3 Å². The number of rotatable bonds is 2. The lowest BCUT2D eigenvalue weighted by molar-refractivity contribution is 0.204. The normalized spacial score (nSPS) is 29.6. The summed E-state index contributed by atoms with van der Waals surface area (Å²) < 4.78 is 0. The van der Waals surface area contributed by atoms with E-state index in [-0.39, 0.29) is 0 Å². The van der Waals surface area contributed by atoms with Crippen LogP contribution in [0, 0.1) is 16.7 Å². The molecule has 1 heterocycles. The van der Waals surface area contributed by atoms with Crippen LogP contribution in [0.3, 0.4) is 0 Å². The van der Waals surface area contributed by atoms with Crippen LogP contribution < -0.4 is 0 Å². The molecule has 94 valence electrons. The van der Waals surface area contributed by atoms with Gasteiger partial charge in [-0.1, -0.05) is 48.1 Å². The van der Waals surface area contributed by atoms with Crippen LogP contribution in [-0.4, -0.2) is 17.5 Å². The first-order valence-corrected chi connectivity index (χ1v) is 6.50. The highest BCUT2D eigenvalue weighted by molar-refractivity contribution is 5.07. The minimum absolute atomic E-state index is 0.340. The van der Waals surface area contributed by atoms with Crippen molar-refractivity contribution in [2.75, 3.05) is 6.54 Å². The van der Waals surface area contributed by atoms with Crippen LogP contribution in [0.25, 0.3) is 0 Å². The molecule has 1 aliphatic heterocycles. The molecule has 1 fully saturated rings. The number of allylic oxidation sites excluding steroid dienone is 1. The molecule has 0 aromatic heterocycles. The molecule has 1 saturated heterocycles. The molecule has 0 saturated carbocycles. The quantitative estimate of drug-likeness (QED) is 0.674. The average Bonchev–Trinajstić information content (AvgIpc) is 2.26. The minimum atomic E-state index is 0.340. The van der Waals surface area contributed by atoms with Gasteiger partial charge in [0.2, 0.25) is 0 Å². The van der Waals surface area contributed by atoms with Crippen LogP contribution in [-0.2, 0) is 0 Å². The zero-order chi connectivity index (χ0) is 12.7. The van der Waals surface area contributed by atoms with Crippen molar-refractivity contribution >= 4 is 0 Å². The Morgan fingerprint density at radius 1 is 1.31 bits per heavy atom. The minimum Gasteiger partial charge on any atom is -0.372 e. The topological polar surface area (TPSA) is 3.24 Å². The predicted octanol–water partition coefficient (Wildman–Crippen LogP) is 4.30. The molecule has 0 aromatic rings. The molecule has 0 spiro atoms. The van der Waals surface area contributed by atoms with Gasteiger partial charge < -0.3 is 4.90 Å². The Kier molecular flexibility index (Phi) is 3.47. The smallest absolute Gasteiger partial charge is 0.0312 e. The standard InChI is InChI=1S/C15H29N/c1-11-10-16(13(3)15(11,7)8)12(2)9-14(4,5)6/h11,13H,2,9-10H2,1,3-8H3. The maximum Gasteiger partial charge on any atom is 0.0312 e. The molecule has 2 atom stereocenters. The van der Waals surface area contributed by atoms with Crippen molar-refractivity contribution in [2.45, 2.75) is 60.9 Å². The van der Waals surface area contributed by atoms with Crippen LogP contribution in [0.4, 0.5) is 0 Å². The van der Waals surface area contributed by atoms with Gasteiger partial charge in [0.25, 0.3) is 0 Å². The van der Waals surface area contributed by atoms with Gasteiger partial charge in [0.05, 0.1) is 0 Å². The maximum absolute atomic E-state index is 4.30. The largest absolute Gasteiger partial charge is 0.372 e. The molecular weight excluding hydrogens is 194 g/mol. The molecule has 1 heteroatoms. The molecule has 0 N–H and O–H groups in total. The Morgan fingerprint density at radius 3 is 2.12 bits per heavy atom. The summed E-state index contributed by atoms with van der Waals surface area (Å²) in [5, 5.41) is 0. The van der Waals surface area contributed by atoms with Crippen LogP contribution >= 0.6 is 0 Å². The molecule has 1 nitrogen and oxygen atoms in total. The van der Waals surface area contributed by atoms with Gasteiger partial charge in [-0.05, 0) is 30.1 Å². The van der Waals surface area contributed by atoms with Crippen LogP contribution in [0.5, 0.6) is 0 Å². The van der Waals surface area contributed by atoms with Gasteiger partial charge >= 0.3 is 0 Å². The van der Waals surface area contributed by atoms with E-state index in [0.29, 0.717) is 16.9 Å². The maximum atomic E-state index is 4.30. The van der Waals surface area contributed by atoms with E-state index in [1.54, 1.807) is 0 Å². The molecule has 0 aromatic carbocycles. The Morgan fingerprint density at radius 2 is 1.81 bits per heavy atom. The van der Waals surface area contributed by atoms with Crippen LogP contribution in [0.1, 0.15) is 54.9 Å². The number of hydrogen-bond donors (Lipinski definition) is 0. The summed E-state index contributed by atoms with van der Waals surface area (Å²) in [6.45, 7) is 21.8. The zero-order valence-corrected chi connectivity index (χ0v) is 12.2. The van der Waals surface area contributed by atoms with Crippen molar-refractivity contribution in [3.8, 4) is 0 Å². The summed E-state index contributed by atoms with van der Waals surface area (Å²) in [7, 11) is 0. The monoisotopic (exact) mass is 223 g/mol. The fourth-order valence-corrected chi connectivity index (χ4v) is 2.62. The fourth-order valence-electron chi connectivity index (χ4n) is 2.62. The van der Waals surface area contributed by atoms with Gasteiger partial charge in [-0.15, -0.1) is 0 Å². The fraction of sp³-hybridized carbons (Fsp3) is 0.867. The Balaban J connectivity index is 2.74. The highest BCUT2D eigenvalue weighted by Crippen LogP contribution is 2.43. The number of nitrogens with zero attached hydrogens (tertiary/aromatic N) is 1. The third kappa shape index (κ3) is 2.61. The van der Waals surface area contributed by atoms with Gasteiger partial charge in [0.1, 0.15) is 0 Å². The Bertz CT molecular complexity index is 270. The summed E-state index contributed by atoms with van der Waals surface area (Å²) >= 11 is 0. The molecule has 0 radical (unpaired) electrons. The molecule has 1 aliphatic rings. The predicted molar refractivity (Wildman–Crippen MR) is 72.3 cm³/mol. The number of hydrogen-bond acceptors (Lipinski definition) is 1. The summed E-state index contributed by atoms with van der Waals surface area (Å²) in [6.07, 6.45) is 1.10. The Hall–Kier alpha value is -0.460.